The van der Waals surface area contributed by atoms with E-state index in [9.17, 15) is 4.79 Å². The molecule has 5 heteroatoms. The van der Waals surface area contributed by atoms with Crippen LogP contribution in [0.2, 0.25) is 0 Å². The van der Waals surface area contributed by atoms with Crippen LogP contribution in [0.25, 0.3) is 0 Å². The standard InChI is InChI=1S/C14H15N3O2/c18-14(12-4-3-9-19-12)16-13-6-5-11(10-15-13)17-7-1-2-8-17/h3-6,9-10H,1-2,7-8H2,(H,15,16,18). The Morgan fingerprint density at radius 2 is 2.11 bits per heavy atom. The summed E-state index contributed by atoms with van der Waals surface area (Å²) in [6.45, 7) is 2.17. The fourth-order valence-electron chi connectivity index (χ4n) is 2.21. The Kier molecular flexibility index (Phi) is 3.18. The molecule has 0 saturated carbocycles. The normalized spacial score (nSPS) is 14.6. The molecule has 98 valence electrons. The minimum absolute atomic E-state index is 0.283. The van der Waals surface area contributed by atoms with Crippen molar-refractivity contribution in [3.63, 3.8) is 0 Å². The van der Waals surface area contributed by atoms with Gasteiger partial charge in [-0.2, -0.15) is 0 Å². The maximum Gasteiger partial charge on any atom is 0.292 e. The number of nitrogens with zero attached hydrogens (tertiary/aromatic N) is 2. The number of pyridine rings is 1. The highest BCUT2D eigenvalue weighted by Gasteiger charge is 2.13. The molecule has 2 aromatic heterocycles. The zero-order chi connectivity index (χ0) is 13.1. The molecule has 1 aliphatic rings. The van der Waals surface area contributed by atoms with E-state index in [0.29, 0.717) is 5.82 Å². The van der Waals surface area contributed by atoms with Crippen LogP contribution in [0.5, 0.6) is 0 Å². The lowest BCUT2D eigenvalue weighted by Gasteiger charge is -2.17. The van der Waals surface area contributed by atoms with E-state index in [2.05, 4.69) is 15.2 Å². The van der Waals surface area contributed by atoms with Crippen LogP contribution < -0.4 is 10.2 Å². The minimum Gasteiger partial charge on any atom is -0.459 e. The molecule has 0 unspecified atom stereocenters. The summed E-state index contributed by atoms with van der Waals surface area (Å²) in [5.74, 6) is 0.529. The van der Waals surface area contributed by atoms with Gasteiger partial charge < -0.3 is 14.6 Å². The third-order valence-electron chi connectivity index (χ3n) is 3.21. The maximum absolute atomic E-state index is 11.8. The lowest BCUT2D eigenvalue weighted by molar-refractivity contribution is 0.0996. The second-order valence-electron chi connectivity index (χ2n) is 4.53. The van der Waals surface area contributed by atoms with Crippen molar-refractivity contribution in [2.45, 2.75) is 12.8 Å². The first kappa shape index (κ1) is 11.8. The molecule has 1 N–H and O–H groups in total. The number of anilines is 2. The summed E-state index contributed by atoms with van der Waals surface area (Å²) in [4.78, 5) is 18.3. The summed E-state index contributed by atoms with van der Waals surface area (Å²) in [5.41, 5.74) is 1.11. The fourth-order valence-corrected chi connectivity index (χ4v) is 2.21. The quantitative estimate of drug-likeness (QED) is 0.918. The molecule has 0 aliphatic carbocycles. The van der Waals surface area contributed by atoms with Crippen molar-refractivity contribution in [1.82, 2.24) is 4.98 Å². The van der Waals surface area contributed by atoms with Crippen LogP contribution in [-0.4, -0.2) is 24.0 Å². The van der Waals surface area contributed by atoms with E-state index in [1.54, 1.807) is 18.3 Å². The first-order valence-electron chi connectivity index (χ1n) is 6.39. The third kappa shape index (κ3) is 2.59. The Bertz CT molecular complexity index is 543. The number of amides is 1. The Morgan fingerprint density at radius 1 is 1.26 bits per heavy atom. The average molecular weight is 257 g/mol. The topological polar surface area (TPSA) is 58.4 Å². The molecule has 1 fully saturated rings. The number of aromatic nitrogens is 1. The van der Waals surface area contributed by atoms with Crippen molar-refractivity contribution in [1.29, 1.82) is 0 Å². The van der Waals surface area contributed by atoms with Crippen LogP contribution in [0, 0.1) is 0 Å². The van der Waals surface area contributed by atoms with E-state index < -0.39 is 0 Å². The van der Waals surface area contributed by atoms with Gasteiger partial charge in [-0.15, -0.1) is 0 Å². The molecule has 1 aliphatic heterocycles. The Hall–Kier alpha value is -2.30. The predicted molar refractivity (Wildman–Crippen MR) is 72.3 cm³/mol. The van der Waals surface area contributed by atoms with E-state index in [1.807, 2.05) is 12.1 Å². The largest absolute Gasteiger partial charge is 0.459 e. The van der Waals surface area contributed by atoms with Crippen LogP contribution in [0.15, 0.2) is 41.1 Å². The van der Waals surface area contributed by atoms with Gasteiger partial charge in [-0.1, -0.05) is 0 Å². The first-order chi connectivity index (χ1) is 9.33. The smallest absolute Gasteiger partial charge is 0.292 e. The average Bonchev–Trinajstić information content (AvgIpc) is 3.13. The van der Waals surface area contributed by atoms with Crippen LogP contribution in [0.1, 0.15) is 23.4 Å². The number of rotatable bonds is 3. The highest BCUT2D eigenvalue weighted by Crippen LogP contribution is 2.20. The Morgan fingerprint density at radius 3 is 2.74 bits per heavy atom. The molecular weight excluding hydrogens is 242 g/mol. The Labute approximate surface area is 111 Å². The monoisotopic (exact) mass is 257 g/mol. The van der Waals surface area contributed by atoms with E-state index in [1.165, 1.54) is 19.1 Å². The third-order valence-corrected chi connectivity index (χ3v) is 3.21. The second-order valence-corrected chi connectivity index (χ2v) is 4.53. The van der Waals surface area contributed by atoms with Gasteiger partial charge >= 0.3 is 0 Å². The summed E-state index contributed by atoms with van der Waals surface area (Å²) < 4.78 is 5.02. The number of hydrogen-bond donors (Lipinski definition) is 1. The highest BCUT2D eigenvalue weighted by molar-refractivity contribution is 6.01. The lowest BCUT2D eigenvalue weighted by Crippen LogP contribution is -2.18. The molecule has 3 rings (SSSR count). The van der Waals surface area contributed by atoms with Crippen molar-refractivity contribution < 1.29 is 9.21 Å². The summed E-state index contributed by atoms with van der Waals surface area (Å²) in [5, 5.41) is 2.70. The SMILES string of the molecule is O=C(Nc1ccc(N2CCCC2)cn1)c1ccco1. The fraction of sp³-hybridized carbons (Fsp3) is 0.286. The molecule has 0 spiro atoms. The zero-order valence-corrected chi connectivity index (χ0v) is 10.5. The molecule has 1 saturated heterocycles. The minimum atomic E-state index is -0.286. The van der Waals surface area contributed by atoms with Gasteiger partial charge in [0.15, 0.2) is 5.76 Å². The maximum atomic E-state index is 11.8. The van der Waals surface area contributed by atoms with E-state index in [-0.39, 0.29) is 11.7 Å². The number of carbonyl (C=O) groups excluding carboxylic acids is 1. The Balaban J connectivity index is 1.67. The van der Waals surface area contributed by atoms with E-state index in [0.717, 1.165) is 18.8 Å². The van der Waals surface area contributed by atoms with Crippen molar-refractivity contribution in [2.75, 3.05) is 23.3 Å². The number of hydrogen-bond acceptors (Lipinski definition) is 4. The van der Waals surface area contributed by atoms with Crippen LogP contribution in [0.4, 0.5) is 11.5 Å². The molecular formula is C14H15N3O2. The predicted octanol–water partition coefficient (Wildman–Crippen LogP) is 2.53. The number of nitrogens with one attached hydrogen (secondary N) is 1. The molecule has 0 atom stereocenters. The van der Waals surface area contributed by atoms with Gasteiger partial charge in [0.1, 0.15) is 5.82 Å². The van der Waals surface area contributed by atoms with Crippen LogP contribution >= 0.6 is 0 Å². The van der Waals surface area contributed by atoms with Crippen molar-refractivity contribution in [3.8, 4) is 0 Å². The van der Waals surface area contributed by atoms with Gasteiger partial charge in [-0.05, 0) is 37.1 Å². The summed E-state index contributed by atoms with van der Waals surface area (Å²) in [6.07, 6.45) is 5.73. The number of carbonyl (C=O) groups is 1. The molecule has 0 aromatic carbocycles. The van der Waals surface area contributed by atoms with Crippen LogP contribution in [0.3, 0.4) is 0 Å². The molecule has 3 heterocycles. The highest BCUT2D eigenvalue weighted by atomic mass is 16.3. The molecule has 0 radical (unpaired) electrons. The molecule has 5 nitrogen and oxygen atoms in total. The lowest BCUT2D eigenvalue weighted by atomic mass is 10.3. The van der Waals surface area contributed by atoms with Gasteiger partial charge in [0.25, 0.3) is 5.91 Å². The van der Waals surface area contributed by atoms with Crippen LogP contribution in [-0.2, 0) is 0 Å². The summed E-state index contributed by atoms with van der Waals surface area (Å²) in [6, 6.07) is 7.09. The summed E-state index contributed by atoms with van der Waals surface area (Å²) >= 11 is 0. The molecule has 1 amide bonds. The van der Waals surface area contributed by atoms with Gasteiger partial charge in [0, 0.05) is 13.1 Å². The van der Waals surface area contributed by atoms with Gasteiger partial charge in [0.2, 0.25) is 0 Å². The van der Waals surface area contributed by atoms with E-state index in [4.69, 9.17) is 4.42 Å². The van der Waals surface area contributed by atoms with Gasteiger partial charge in [0.05, 0.1) is 18.1 Å². The van der Waals surface area contributed by atoms with Crippen molar-refractivity contribution in [3.05, 3.63) is 42.5 Å². The second kappa shape index (κ2) is 5.14. The number of furan rings is 1. The molecule has 19 heavy (non-hydrogen) atoms. The van der Waals surface area contributed by atoms with Gasteiger partial charge in [-0.3, -0.25) is 4.79 Å². The van der Waals surface area contributed by atoms with Gasteiger partial charge in [-0.25, -0.2) is 4.98 Å². The van der Waals surface area contributed by atoms with Crippen molar-refractivity contribution in [2.24, 2.45) is 0 Å². The first-order valence-corrected chi connectivity index (χ1v) is 6.39. The molecule has 2 aromatic rings. The van der Waals surface area contributed by atoms with Crippen molar-refractivity contribution >= 4 is 17.4 Å². The zero-order valence-electron chi connectivity index (χ0n) is 10.5. The van der Waals surface area contributed by atoms with E-state index >= 15 is 0 Å². The molecule has 0 bridgehead atoms. The summed E-state index contributed by atoms with van der Waals surface area (Å²) in [7, 11) is 0.